The molecule has 0 aliphatic carbocycles. The summed E-state index contributed by atoms with van der Waals surface area (Å²) in [4.78, 5) is 57.9. The van der Waals surface area contributed by atoms with Crippen molar-refractivity contribution >= 4 is 40.8 Å². The van der Waals surface area contributed by atoms with Crippen LogP contribution in [0.5, 0.6) is 0 Å². The summed E-state index contributed by atoms with van der Waals surface area (Å²) >= 11 is 1.24. The standard InChI is InChI=1S/C37H58N4O6S/c1-9-11-13-14-20-41(33(43)15-12-10-2)31(25(3)4)22-32(47-26(5)42)35-40-30(24-48-35)34(44)39-29(23-37(6,7)36(45)46)21-27-16-18-28(38-8)19-17-27/h16-19,24-25,29,31-32,38H,9-15,20-23H2,1-8H3,(H,39,44)(H,45,46). The number of rotatable bonds is 22. The fourth-order valence-corrected chi connectivity index (χ4v) is 6.64. The van der Waals surface area contributed by atoms with Gasteiger partial charge in [0.1, 0.15) is 10.7 Å². The molecule has 0 saturated heterocycles. The molecule has 2 aromatic rings. The molecule has 1 aromatic carbocycles. The van der Waals surface area contributed by atoms with E-state index in [0.29, 0.717) is 30.8 Å². The Morgan fingerprint density at radius 1 is 1.02 bits per heavy atom. The van der Waals surface area contributed by atoms with Gasteiger partial charge >= 0.3 is 11.9 Å². The summed E-state index contributed by atoms with van der Waals surface area (Å²) in [5, 5.41) is 18.0. The number of hydrogen-bond donors (Lipinski definition) is 3. The Bertz CT molecular complexity index is 1310. The number of amides is 2. The van der Waals surface area contributed by atoms with Crippen molar-refractivity contribution in [2.75, 3.05) is 18.9 Å². The molecule has 0 spiro atoms. The molecule has 2 rings (SSSR count). The molecule has 0 radical (unpaired) electrons. The van der Waals surface area contributed by atoms with Gasteiger partial charge < -0.3 is 25.4 Å². The molecule has 3 atom stereocenters. The molecule has 48 heavy (non-hydrogen) atoms. The number of thiazole rings is 1. The molecule has 3 unspecified atom stereocenters. The molecule has 0 fully saturated rings. The molecule has 3 N–H and O–H groups in total. The number of anilines is 1. The number of carboxylic acid groups (broad SMARTS) is 1. The SMILES string of the molecule is CCCCCCN(C(=O)CCCC)C(CC(OC(C)=O)c1nc(C(=O)NC(Cc2ccc(NC)cc2)CC(C)(C)C(=O)O)cs1)C(C)C. The van der Waals surface area contributed by atoms with Gasteiger partial charge in [-0.25, -0.2) is 4.98 Å². The van der Waals surface area contributed by atoms with Gasteiger partial charge in [-0.05, 0) is 63.1 Å². The van der Waals surface area contributed by atoms with Crippen LogP contribution in [0.3, 0.4) is 0 Å². The third kappa shape index (κ3) is 13.2. The molecule has 0 bridgehead atoms. The predicted octanol–water partition coefficient (Wildman–Crippen LogP) is 7.64. The van der Waals surface area contributed by atoms with E-state index in [-0.39, 0.29) is 30.0 Å². The summed E-state index contributed by atoms with van der Waals surface area (Å²) in [7, 11) is 1.84. The maximum Gasteiger partial charge on any atom is 0.309 e. The van der Waals surface area contributed by atoms with Crippen molar-refractivity contribution in [3.63, 3.8) is 0 Å². The molecule has 0 saturated carbocycles. The molecule has 1 aromatic heterocycles. The Morgan fingerprint density at radius 2 is 1.69 bits per heavy atom. The van der Waals surface area contributed by atoms with Gasteiger partial charge in [-0.3, -0.25) is 19.2 Å². The quantitative estimate of drug-likeness (QED) is 0.0849. The Morgan fingerprint density at radius 3 is 2.25 bits per heavy atom. The van der Waals surface area contributed by atoms with Crippen molar-refractivity contribution in [2.45, 2.75) is 131 Å². The topological polar surface area (TPSA) is 138 Å². The highest BCUT2D eigenvalue weighted by Crippen LogP contribution is 2.32. The van der Waals surface area contributed by atoms with Gasteiger partial charge in [-0.15, -0.1) is 11.3 Å². The van der Waals surface area contributed by atoms with Crippen molar-refractivity contribution in [1.82, 2.24) is 15.2 Å². The average molecular weight is 687 g/mol. The summed E-state index contributed by atoms with van der Waals surface area (Å²) in [5.74, 6) is -1.62. The van der Waals surface area contributed by atoms with Gasteiger partial charge in [0.2, 0.25) is 5.91 Å². The number of ether oxygens (including phenoxy) is 1. The zero-order valence-electron chi connectivity index (χ0n) is 30.3. The van der Waals surface area contributed by atoms with Crippen LogP contribution in [0.15, 0.2) is 29.6 Å². The second kappa shape index (κ2) is 20.1. The number of nitrogens with one attached hydrogen (secondary N) is 2. The maximum atomic E-state index is 13.6. The highest BCUT2D eigenvalue weighted by atomic mass is 32.1. The van der Waals surface area contributed by atoms with E-state index in [1.54, 1.807) is 19.2 Å². The van der Waals surface area contributed by atoms with Gasteiger partial charge in [0.25, 0.3) is 5.91 Å². The lowest BCUT2D eigenvalue weighted by molar-refractivity contribution is -0.149. The summed E-state index contributed by atoms with van der Waals surface area (Å²) in [6.45, 7) is 13.7. The van der Waals surface area contributed by atoms with Gasteiger partial charge in [0.05, 0.1) is 5.41 Å². The summed E-state index contributed by atoms with van der Waals surface area (Å²) in [6.07, 6.45) is 6.69. The highest BCUT2D eigenvalue weighted by Gasteiger charge is 2.34. The van der Waals surface area contributed by atoms with Crippen molar-refractivity contribution < 1.29 is 29.0 Å². The van der Waals surface area contributed by atoms with E-state index in [9.17, 15) is 24.3 Å². The fourth-order valence-electron chi connectivity index (χ4n) is 5.80. The van der Waals surface area contributed by atoms with E-state index >= 15 is 0 Å². The maximum absolute atomic E-state index is 13.6. The van der Waals surface area contributed by atoms with Gasteiger partial charge in [0.15, 0.2) is 6.10 Å². The Kier molecular flexibility index (Phi) is 17.1. The molecule has 0 aliphatic heterocycles. The minimum atomic E-state index is -1.07. The number of aliphatic carboxylic acids is 1. The Hall–Kier alpha value is -3.47. The monoisotopic (exact) mass is 686 g/mol. The number of carboxylic acids is 1. The second-order valence-corrected chi connectivity index (χ2v) is 14.6. The molecule has 11 heteroatoms. The first-order chi connectivity index (χ1) is 22.7. The normalized spacial score (nSPS) is 13.4. The van der Waals surface area contributed by atoms with Crippen molar-refractivity contribution in [3.05, 3.63) is 45.9 Å². The lowest BCUT2D eigenvalue weighted by Gasteiger charge is -2.36. The molecular formula is C37H58N4O6S. The number of benzene rings is 1. The van der Waals surface area contributed by atoms with Crippen LogP contribution < -0.4 is 10.6 Å². The molecule has 10 nitrogen and oxygen atoms in total. The van der Waals surface area contributed by atoms with E-state index in [1.165, 1.54) is 18.3 Å². The van der Waals surface area contributed by atoms with Crippen LogP contribution >= 0.6 is 11.3 Å². The summed E-state index contributed by atoms with van der Waals surface area (Å²) in [5.41, 5.74) is 1.01. The molecular weight excluding hydrogens is 628 g/mol. The molecule has 1 heterocycles. The van der Waals surface area contributed by atoms with Crippen molar-refractivity contribution in [2.24, 2.45) is 11.3 Å². The summed E-state index contributed by atoms with van der Waals surface area (Å²) in [6, 6.07) is 7.13. The van der Waals surface area contributed by atoms with E-state index in [0.717, 1.165) is 49.8 Å². The molecule has 0 aliphatic rings. The Balaban J connectivity index is 2.34. The van der Waals surface area contributed by atoms with Gasteiger partial charge in [0, 0.05) is 56.5 Å². The first-order valence-electron chi connectivity index (χ1n) is 17.4. The zero-order chi connectivity index (χ0) is 35.9. The second-order valence-electron chi connectivity index (χ2n) is 13.7. The Labute approximate surface area is 291 Å². The van der Waals surface area contributed by atoms with E-state index in [1.807, 2.05) is 36.2 Å². The summed E-state index contributed by atoms with van der Waals surface area (Å²) < 4.78 is 5.80. The third-order valence-electron chi connectivity index (χ3n) is 8.68. The van der Waals surface area contributed by atoms with Crippen LogP contribution in [0, 0.1) is 11.3 Å². The lowest BCUT2D eigenvalue weighted by Crippen LogP contribution is -2.45. The van der Waals surface area contributed by atoms with Crippen LogP contribution in [0.2, 0.25) is 0 Å². The molecule has 268 valence electrons. The third-order valence-corrected chi connectivity index (χ3v) is 9.61. The number of hydrogen-bond acceptors (Lipinski definition) is 8. The minimum Gasteiger partial charge on any atom is -0.481 e. The number of nitrogens with zero attached hydrogens (tertiary/aromatic N) is 2. The lowest BCUT2D eigenvalue weighted by atomic mass is 9.84. The van der Waals surface area contributed by atoms with E-state index < -0.39 is 35.4 Å². The number of aromatic nitrogens is 1. The number of esters is 1. The van der Waals surface area contributed by atoms with E-state index in [4.69, 9.17) is 4.74 Å². The van der Waals surface area contributed by atoms with Crippen LogP contribution in [0.4, 0.5) is 5.69 Å². The minimum absolute atomic E-state index is 0.100. The van der Waals surface area contributed by atoms with Gasteiger partial charge in [-0.2, -0.15) is 0 Å². The average Bonchev–Trinajstić information content (AvgIpc) is 3.53. The smallest absolute Gasteiger partial charge is 0.309 e. The first-order valence-corrected chi connectivity index (χ1v) is 18.3. The number of unbranched alkanes of at least 4 members (excludes halogenated alkanes) is 4. The van der Waals surface area contributed by atoms with Crippen LogP contribution in [-0.4, -0.2) is 64.4 Å². The van der Waals surface area contributed by atoms with Crippen LogP contribution in [0.1, 0.15) is 133 Å². The van der Waals surface area contributed by atoms with E-state index in [2.05, 4.69) is 43.3 Å². The van der Waals surface area contributed by atoms with Crippen molar-refractivity contribution in [1.29, 1.82) is 0 Å². The predicted molar refractivity (Wildman–Crippen MR) is 192 cm³/mol. The fraction of sp³-hybridized carbons (Fsp3) is 0.649. The van der Waals surface area contributed by atoms with Crippen molar-refractivity contribution in [3.8, 4) is 0 Å². The van der Waals surface area contributed by atoms with Crippen LogP contribution in [-0.2, 0) is 25.5 Å². The first kappa shape index (κ1) is 40.7. The highest BCUT2D eigenvalue weighted by molar-refractivity contribution is 7.09. The largest absolute Gasteiger partial charge is 0.481 e. The zero-order valence-corrected chi connectivity index (χ0v) is 31.1. The number of carbonyl (C=O) groups excluding carboxylic acids is 3. The molecule has 2 amide bonds. The van der Waals surface area contributed by atoms with Gasteiger partial charge in [-0.1, -0.05) is 65.5 Å². The van der Waals surface area contributed by atoms with Crippen LogP contribution in [0.25, 0.3) is 0 Å². The number of carbonyl (C=O) groups is 4.